The Labute approximate surface area is 77.7 Å². The number of carbonyl (C=O) groups is 1. The van der Waals surface area contributed by atoms with Crippen molar-refractivity contribution < 1.29 is 19.7 Å². The summed E-state index contributed by atoms with van der Waals surface area (Å²) < 4.78 is 4.79. The maximum absolute atomic E-state index is 10.8. The zero-order valence-electron chi connectivity index (χ0n) is 8.04. The van der Waals surface area contributed by atoms with Gasteiger partial charge in [0.05, 0.1) is 6.61 Å². The first kappa shape index (κ1) is 12.3. The summed E-state index contributed by atoms with van der Waals surface area (Å²) in [6, 6.07) is 0. The number of aliphatic hydroxyl groups excluding tert-OH is 1. The number of ether oxygens (including phenoxy) is 1. The highest BCUT2D eigenvalue weighted by Gasteiger charge is 2.32. The van der Waals surface area contributed by atoms with Crippen molar-refractivity contribution >= 4 is 5.97 Å². The molecule has 0 heterocycles. The van der Waals surface area contributed by atoms with Crippen LogP contribution in [0.1, 0.15) is 13.3 Å². The average molecular weight is 191 g/mol. The highest BCUT2D eigenvalue weighted by atomic mass is 16.5. The SMILES string of the molecule is COCC(C)(NCCCO)C(=O)O. The molecule has 0 fully saturated rings. The zero-order chi connectivity index (χ0) is 10.3. The molecular formula is C8H17NO4. The van der Waals surface area contributed by atoms with Gasteiger partial charge in [0.2, 0.25) is 0 Å². The molecule has 0 aliphatic carbocycles. The second-order valence-corrected chi connectivity index (χ2v) is 3.07. The van der Waals surface area contributed by atoms with E-state index < -0.39 is 11.5 Å². The largest absolute Gasteiger partial charge is 0.480 e. The minimum absolute atomic E-state index is 0.0513. The second-order valence-electron chi connectivity index (χ2n) is 3.07. The van der Waals surface area contributed by atoms with E-state index in [4.69, 9.17) is 14.9 Å². The van der Waals surface area contributed by atoms with Gasteiger partial charge in [0.1, 0.15) is 5.54 Å². The number of carboxylic acids is 1. The summed E-state index contributed by atoms with van der Waals surface area (Å²) in [7, 11) is 1.45. The summed E-state index contributed by atoms with van der Waals surface area (Å²) in [5.74, 6) is -0.952. The second kappa shape index (κ2) is 5.90. The molecule has 0 aromatic heterocycles. The van der Waals surface area contributed by atoms with Crippen LogP contribution in [-0.4, -0.2) is 48.6 Å². The van der Waals surface area contributed by atoms with E-state index in [0.29, 0.717) is 13.0 Å². The lowest BCUT2D eigenvalue weighted by Crippen LogP contribution is -2.53. The van der Waals surface area contributed by atoms with Crippen molar-refractivity contribution in [1.29, 1.82) is 0 Å². The maximum Gasteiger partial charge on any atom is 0.326 e. The molecule has 0 aromatic carbocycles. The Morgan fingerprint density at radius 1 is 1.62 bits per heavy atom. The van der Waals surface area contributed by atoms with Crippen LogP contribution >= 0.6 is 0 Å². The summed E-state index contributed by atoms with van der Waals surface area (Å²) >= 11 is 0. The monoisotopic (exact) mass is 191 g/mol. The molecule has 5 nitrogen and oxygen atoms in total. The fourth-order valence-electron chi connectivity index (χ4n) is 0.920. The molecule has 0 aliphatic rings. The Hall–Kier alpha value is -0.650. The van der Waals surface area contributed by atoms with Crippen LogP contribution in [-0.2, 0) is 9.53 Å². The van der Waals surface area contributed by atoms with Gasteiger partial charge in [-0.1, -0.05) is 0 Å². The van der Waals surface area contributed by atoms with Crippen molar-refractivity contribution in [3.8, 4) is 0 Å². The molecule has 1 atom stereocenters. The molecule has 78 valence electrons. The fourth-order valence-corrected chi connectivity index (χ4v) is 0.920. The molecular weight excluding hydrogens is 174 g/mol. The fraction of sp³-hybridized carbons (Fsp3) is 0.875. The summed E-state index contributed by atoms with van der Waals surface area (Å²) in [6.45, 7) is 2.17. The van der Waals surface area contributed by atoms with Gasteiger partial charge in [-0.2, -0.15) is 0 Å². The highest BCUT2D eigenvalue weighted by Crippen LogP contribution is 2.04. The highest BCUT2D eigenvalue weighted by molar-refractivity contribution is 5.78. The number of aliphatic hydroxyl groups is 1. The molecule has 0 amide bonds. The minimum atomic E-state index is -1.07. The third-order valence-electron chi connectivity index (χ3n) is 1.76. The first-order chi connectivity index (χ1) is 6.06. The molecule has 0 aliphatic heterocycles. The van der Waals surface area contributed by atoms with Crippen LogP contribution in [0, 0.1) is 0 Å². The van der Waals surface area contributed by atoms with Gasteiger partial charge in [0.15, 0.2) is 0 Å². The predicted octanol–water partition coefficient (Wildman–Crippen LogP) is -0.552. The van der Waals surface area contributed by atoms with Gasteiger partial charge >= 0.3 is 5.97 Å². The van der Waals surface area contributed by atoms with Crippen LogP contribution in [0.3, 0.4) is 0 Å². The molecule has 0 saturated heterocycles. The van der Waals surface area contributed by atoms with E-state index >= 15 is 0 Å². The van der Waals surface area contributed by atoms with Crippen molar-refractivity contribution in [2.24, 2.45) is 0 Å². The van der Waals surface area contributed by atoms with Gasteiger partial charge in [-0.3, -0.25) is 4.79 Å². The lowest BCUT2D eigenvalue weighted by molar-refractivity contribution is -0.146. The van der Waals surface area contributed by atoms with Crippen molar-refractivity contribution in [2.75, 3.05) is 26.9 Å². The average Bonchev–Trinajstić information content (AvgIpc) is 2.05. The summed E-state index contributed by atoms with van der Waals surface area (Å²) in [5, 5.41) is 20.2. The normalized spacial score (nSPS) is 15.3. The van der Waals surface area contributed by atoms with Gasteiger partial charge in [-0.15, -0.1) is 0 Å². The Kier molecular flexibility index (Phi) is 5.61. The van der Waals surface area contributed by atoms with Crippen LogP contribution < -0.4 is 5.32 Å². The van der Waals surface area contributed by atoms with Crippen LogP contribution in [0.5, 0.6) is 0 Å². The van der Waals surface area contributed by atoms with Crippen molar-refractivity contribution in [2.45, 2.75) is 18.9 Å². The van der Waals surface area contributed by atoms with Gasteiger partial charge in [0, 0.05) is 13.7 Å². The summed E-state index contributed by atoms with van der Waals surface area (Å²) in [5.41, 5.74) is -1.07. The summed E-state index contributed by atoms with van der Waals surface area (Å²) in [6.07, 6.45) is 0.534. The molecule has 0 saturated carbocycles. The molecule has 0 aromatic rings. The van der Waals surface area contributed by atoms with E-state index in [9.17, 15) is 4.79 Å². The first-order valence-corrected chi connectivity index (χ1v) is 4.15. The molecule has 0 bridgehead atoms. The van der Waals surface area contributed by atoms with E-state index in [1.165, 1.54) is 7.11 Å². The number of carboxylic acid groups (broad SMARTS) is 1. The molecule has 13 heavy (non-hydrogen) atoms. The standard InChI is InChI=1S/C8H17NO4/c1-8(6-13-2,7(11)12)9-4-3-5-10/h9-10H,3-6H2,1-2H3,(H,11,12). The number of aliphatic carboxylic acids is 1. The van der Waals surface area contributed by atoms with E-state index in [1.807, 2.05) is 0 Å². The molecule has 0 radical (unpaired) electrons. The number of methoxy groups -OCH3 is 1. The van der Waals surface area contributed by atoms with Crippen LogP contribution in [0.4, 0.5) is 0 Å². The predicted molar refractivity (Wildman–Crippen MR) is 47.6 cm³/mol. The lowest BCUT2D eigenvalue weighted by atomic mass is 10.0. The number of hydrogen-bond acceptors (Lipinski definition) is 4. The minimum Gasteiger partial charge on any atom is -0.480 e. The van der Waals surface area contributed by atoms with E-state index in [2.05, 4.69) is 5.32 Å². The smallest absolute Gasteiger partial charge is 0.326 e. The Balaban J connectivity index is 4.00. The maximum atomic E-state index is 10.8. The number of nitrogens with one attached hydrogen (secondary N) is 1. The van der Waals surface area contributed by atoms with Crippen LogP contribution in [0.2, 0.25) is 0 Å². The lowest BCUT2D eigenvalue weighted by Gasteiger charge is -2.25. The van der Waals surface area contributed by atoms with Crippen molar-refractivity contribution in [3.05, 3.63) is 0 Å². The first-order valence-electron chi connectivity index (χ1n) is 4.15. The van der Waals surface area contributed by atoms with Gasteiger partial charge < -0.3 is 20.3 Å². The summed E-state index contributed by atoms with van der Waals surface area (Å²) in [4.78, 5) is 10.8. The molecule has 5 heteroatoms. The zero-order valence-corrected chi connectivity index (χ0v) is 8.04. The molecule has 3 N–H and O–H groups in total. The number of hydrogen-bond donors (Lipinski definition) is 3. The van der Waals surface area contributed by atoms with Gasteiger partial charge in [-0.25, -0.2) is 0 Å². The molecule has 1 unspecified atom stereocenters. The third kappa shape index (κ3) is 4.21. The molecule has 0 spiro atoms. The van der Waals surface area contributed by atoms with Gasteiger partial charge in [-0.05, 0) is 19.9 Å². The quantitative estimate of drug-likeness (QED) is 0.470. The Morgan fingerprint density at radius 2 is 2.23 bits per heavy atom. The van der Waals surface area contributed by atoms with Gasteiger partial charge in [0.25, 0.3) is 0 Å². The topological polar surface area (TPSA) is 78.8 Å². The van der Waals surface area contributed by atoms with Crippen LogP contribution in [0.15, 0.2) is 0 Å². The van der Waals surface area contributed by atoms with Crippen molar-refractivity contribution in [3.63, 3.8) is 0 Å². The third-order valence-corrected chi connectivity index (χ3v) is 1.76. The van der Waals surface area contributed by atoms with Crippen LogP contribution in [0.25, 0.3) is 0 Å². The number of rotatable bonds is 7. The molecule has 0 rings (SSSR count). The Morgan fingerprint density at radius 3 is 2.62 bits per heavy atom. The van der Waals surface area contributed by atoms with E-state index in [1.54, 1.807) is 6.92 Å². The Bertz CT molecular complexity index is 162. The van der Waals surface area contributed by atoms with Crippen molar-refractivity contribution in [1.82, 2.24) is 5.32 Å². The van der Waals surface area contributed by atoms with E-state index in [0.717, 1.165) is 0 Å². The van der Waals surface area contributed by atoms with E-state index in [-0.39, 0.29) is 13.2 Å².